The number of nitrogens with zero attached hydrogens (tertiary/aromatic N) is 1. The number of Topliss-reactive ketones (excluding diaryl/α,β-unsaturated/α-hetero) is 1. The molecule has 1 saturated heterocycles. The van der Waals surface area contributed by atoms with Crippen LogP contribution in [0.1, 0.15) is 52.8 Å². The van der Waals surface area contributed by atoms with Crippen LogP contribution in [0, 0.1) is 10.8 Å². The van der Waals surface area contributed by atoms with E-state index >= 15 is 0 Å². The Balaban J connectivity index is 1.75. The number of rotatable bonds is 2. The van der Waals surface area contributed by atoms with Gasteiger partial charge >= 0.3 is 0 Å². The maximum absolute atomic E-state index is 13.4. The fourth-order valence-electron chi connectivity index (χ4n) is 4.32. The molecule has 1 aromatic heterocycles. The largest absolute Gasteiger partial charge is 0.360 e. The molecule has 0 N–H and O–H groups in total. The number of carbonyl (C=O) groups excluding carboxylic acids is 1. The van der Waals surface area contributed by atoms with E-state index in [2.05, 4.69) is 88.9 Å². The summed E-state index contributed by atoms with van der Waals surface area (Å²) >= 11 is 1.87. The van der Waals surface area contributed by atoms with Gasteiger partial charge in [-0.1, -0.05) is 59.7 Å². The monoisotopic (exact) mass is 403 g/mol. The summed E-state index contributed by atoms with van der Waals surface area (Å²) in [5.74, 6) is 0.209. The van der Waals surface area contributed by atoms with E-state index in [4.69, 9.17) is 0 Å². The number of allylic oxidation sites excluding steroid dienone is 5. The second kappa shape index (κ2) is 5.95. The summed E-state index contributed by atoms with van der Waals surface area (Å²) in [4.78, 5) is 17.2. The van der Waals surface area contributed by atoms with Crippen molar-refractivity contribution in [1.82, 2.24) is 4.90 Å². The molecular weight excluding hydrogens is 374 g/mol. The smallest absolute Gasteiger partial charge is 0.186 e. The first-order chi connectivity index (χ1) is 13.6. The predicted molar refractivity (Wildman–Crippen MR) is 123 cm³/mol. The number of fused-ring (bicyclic) bond motifs is 2. The van der Waals surface area contributed by atoms with Gasteiger partial charge in [-0.25, -0.2) is 0 Å². The van der Waals surface area contributed by atoms with Gasteiger partial charge < -0.3 is 4.90 Å². The lowest BCUT2D eigenvalue weighted by Gasteiger charge is -2.32. The molecule has 0 bridgehead atoms. The molecule has 0 radical (unpaired) electrons. The molecule has 3 aliphatic rings. The minimum absolute atomic E-state index is 0.180. The summed E-state index contributed by atoms with van der Waals surface area (Å²) in [6, 6.07) is 12.3. The molecule has 2 unspecified atom stereocenters. The summed E-state index contributed by atoms with van der Waals surface area (Å²) in [6.45, 7) is 12.9. The van der Waals surface area contributed by atoms with Gasteiger partial charge in [0.25, 0.3) is 0 Å². The van der Waals surface area contributed by atoms with Crippen LogP contribution in [-0.4, -0.2) is 22.8 Å². The topological polar surface area (TPSA) is 20.1 Å². The molecular formula is C26H29NOS. The second-order valence-corrected chi connectivity index (χ2v) is 11.8. The Bertz CT molecular complexity index is 1050. The SMILES string of the molecule is CC(C)(C)C1=CC(=C(c2cc3ccccc3s2)N2C3CC32)C=C(C(C)(C)C)C1=O. The number of likely N-dealkylation sites (tertiary alicyclic amines) is 1. The van der Waals surface area contributed by atoms with Crippen molar-refractivity contribution >= 4 is 32.9 Å². The van der Waals surface area contributed by atoms with Crippen LogP contribution in [0.2, 0.25) is 0 Å². The molecule has 29 heavy (non-hydrogen) atoms. The third kappa shape index (κ3) is 3.11. The molecule has 0 amide bonds. The van der Waals surface area contributed by atoms with E-state index in [0.717, 1.165) is 11.1 Å². The Morgan fingerprint density at radius 2 is 1.55 bits per heavy atom. The van der Waals surface area contributed by atoms with Crippen LogP contribution in [0.15, 0.2) is 59.2 Å². The van der Waals surface area contributed by atoms with Gasteiger partial charge in [0.1, 0.15) is 0 Å². The lowest BCUT2D eigenvalue weighted by atomic mass is 9.71. The Morgan fingerprint density at radius 1 is 0.966 bits per heavy atom. The molecule has 2 nitrogen and oxygen atoms in total. The number of thiophene rings is 1. The van der Waals surface area contributed by atoms with Crippen molar-refractivity contribution < 1.29 is 4.79 Å². The summed E-state index contributed by atoms with van der Waals surface area (Å²) in [5.41, 5.74) is 4.02. The predicted octanol–water partition coefficient (Wildman–Crippen LogP) is 6.60. The minimum Gasteiger partial charge on any atom is -0.360 e. The van der Waals surface area contributed by atoms with Gasteiger partial charge in [0.2, 0.25) is 0 Å². The van der Waals surface area contributed by atoms with Crippen molar-refractivity contribution in [2.45, 2.75) is 60.0 Å². The van der Waals surface area contributed by atoms with Gasteiger partial charge in [-0.15, -0.1) is 11.3 Å². The van der Waals surface area contributed by atoms with Gasteiger partial charge in [-0.05, 0) is 46.9 Å². The number of hydrogen-bond donors (Lipinski definition) is 0. The Labute approximate surface area is 177 Å². The van der Waals surface area contributed by atoms with Gasteiger partial charge in [0.05, 0.1) is 22.7 Å². The summed E-state index contributed by atoms with van der Waals surface area (Å²) in [6.07, 6.45) is 5.66. The molecule has 2 atom stereocenters. The average molecular weight is 404 g/mol. The van der Waals surface area contributed by atoms with Gasteiger partial charge in [-0.3, -0.25) is 4.79 Å². The second-order valence-electron chi connectivity index (χ2n) is 10.7. The molecule has 1 aliphatic heterocycles. The van der Waals surface area contributed by atoms with E-state index in [1.165, 1.54) is 32.7 Å². The summed E-state index contributed by atoms with van der Waals surface area (Å²) < 4.78 is 1.32. The zero-order valence-electron chi connectivity index (χ0n) is 18.2. The van der Waals surface area contributed by atoms with Gasteiger partial charge in [0, 0.05) is 21.4 Å². The van der Waals surface area contributed by atoms with Crippen LogP contribution < -0.4 is 0 Å². The van der Waals surface area contributed by atoms with E-state index in [9.17, 15) is 4.79 Å². The van der Waals surface area contributed by atoms with Crippen molar-refractivity contribution in [2.75, 3.05) is 0 Å². The van der Waals surface area contributed by atoms with E-state index < -0.39 is 0 Å². The first kappa shape index (κ1) is 18.9. The Hall–Kier alpha value is -2.13. The maximum atomic E-state index is 13.4. The molecule has 2 fully saturated rings. The summed E-state index contributed by atoms with van der Waals surface area (Å²) in [5, 5.41) is 1.30. The van der Waals surface area contributed by atoms with E-state index in [0.29, 0.717) is 12.1 Å². The van der Waals surface area contributed by atoms with Crippen molar-refractivity contribution in [3.8, 4) is 0 Å². The number of benzene rings is 1. The highest BCUT2D eigenvalue weighted by atomic mass is 32.1. The average Bonchev–Trinajstić information content (AvgIpc) is 3.48. The van der Waals surface area contributed by atoms with Crippen LogP contribution in [0.4, 0.5) is 0 Å². The third-order valence-electron chi connectivity index (χ3n) is 6.24. The van der Waals surface area contributed by atoms with Crippen LogP contribution >= 0.6 is 11.3 Å². The maximum Gasteiger partial charge on any atom is 0.186 e. The van der Waals surface area contributed by atoms with E-state index in [1.807, 2.05) is 11.3 Å². The molecule has 1 saturated carbocycles. The molecule has 0 spiro atoms. The van der Waals surface area contributed by atoms with Crippen LogP contribution in [-0.2, 0) is 4.79 Å². The minimum atomic E-state index is -0.180. The molecule has 1 aromatic carbocycles. The fourth-order valence-corrected chi connectivity index (χ4v) is 5.46. The normalized spacial score (nSPS) is 23.7. The third-order valence-corrected chi connectivity index (χ3v) is 7.37. The molecule has 2 heterocycles. The van der Waals surface area contributed by atoms with E-state index in [1.54, 1.807) is 0 Å². The zero-order valence-corrected chi connectivity index (χ0v) is 19.0. The Morgan fingerprint density at radius 3 is 2.03 bits per heavy atom. The molecule has 2 aliphatic carbocycles. The first-order valence-corrected chi connectivity index (χ1v) is 11.4. The van der Waals surface area contributed by atoms with Crippen molar-refractivity contribution in [1.29, 1.82) is 0 Å². The number of ketones is 1. The van der Waals surface area contributed by atoms with Crippen LogP contribution in [0.25, 0.3) is 15.8 Å². The standard InChI is InChI=1S/C26H29NOS/c1-25(2,3)17-11-16(12-18(24(17)28)26(4,5)6)23(27-19-14-20(19)27)22-13-15-9-7-8-10-21(15)29-22/h7-13,19-20H,14H2,1-6H3. The molecule has 3 heteroatoms. The molecule has 2 aromatic rings. The quantitative estimate of drug-likeness (QED) is 0.527. The Kier molecular flexibility index (Phi) is 3.87. The van der Waals surface area contributed by atoms with Gasteiger partial charge in [0.15, 0.2) is 5.78 Å². The first-order valence-electron chi connectivity index (χ1n) is 10.6. The molecule has 5 rings (SSSR count). The lowest BCUT2D eigenvalue weighted by Crippen LogP contribution is -2.28. The summed E-state index contributed by atoms with van der Waals surface area (Å²) in [7, 11) is 0. The highest BCUT2D eigenvalue weighted by Crippen LogP contribution is 2.58. The number of carbonyl (C=O) groups is 1. The zero-order chi connectivity index (χ0) is 20.7. The van der Waals surface area contributed by atoms with Crippen molar-refractivity contribution in [3.05, 3.63) is 64.1 Å². The number of hydrogen-bond acceptors (Lipinski definition) is 3. The highest BCUT2D eigenvalue weighted by molar-refractivity contribution is 7.20. The van der Waals surface area contributed by atoms with Crippen LogP contribution in [0.5, 0.6) is 0 Å². The van der Waals surface area contributed by atoms with Crippen molar-refractivity contribution in [2.24, 2.45) is 10.8 Å². The molecule has 150 valence electrons. The van der Waals surface area contributed by atoms with Gasteiger partial charge in [-0.2, -0.15) is 0 Å². The fraction of sp³-hybridized carbons (Fsp3) is 0.423. The van der Waals surface area contributed by atoms with Crippen LogP contribution in [0.3, 0.4) is 0 Å². The lowest BCUT2D eigenvalue weighted by molar-refractivity contribution is -0.114. The van der Waals surface area contributed by atoms with Crippen molar-refractivity contribution in [3.63, 3.8) is 0 Å². The highest BCUT2D eigenvalue weighted by Gasteiger charge is 2.64. The van der Waals surface area contributed by atoms with E-state index in [-0.39, 0.29) is 16.6 Å².